The van der Waals surface area contributed by atoms with Crippen LogP contribution in [0.15, 0.2) is 71.3 Å². The van der Waals surface area contributed by atoms with Crippen LogP contribution in [-0.4, -0.2) is 36.4 Å². The van der Waals surface area contributed by atoms with E-state index in [9.17, 15) is 9.59 Å². The Balaban J connectivity index is 1.37. The van der Waals surface area contributed by atoms with Crippen molar-refractivity contribution in [1.29, 1.82) is 0 Å². The number of carbonyl (C=O) groups is 2. The van der Waals surface area contributed by atoms with Crippen LogP contribution in [0.3, 0.4) is 0 Å². The predicted molar refractivity (Wildman–Crippen MR) is 118 cm³/mol. The molecule has 1 aliphatic heterocycles. The maximum Gasteiger partial charge on any atom is 0.257 e. The summed E-state index contributed by atoms with van der Waals surface area (Å²) in [6.45, 7) is 1.73. The Labute approximate surface area is 182 Å². The van der Waals surface area contributed by atoms with Crippen LogP contribution in [0.2, 0.25) is 0 Å². The summed E-state index contributed by atoms with van der Waals surface area (Å²) in [7, 11) is 0. The highest BCUT2D eigenvalue weighted by Crippen LogP contribution is 2.23. The van der Waals surface area contributed by atoms with Crippen LogP contribution in [0.1, 0.15) is 10.4 Å². The molecule has 0 atom stereocenters. The molecule has 0 radical (unpaired) electrons. The van der Waals surface area contributed by atoms with E-state index in [1.54, 1.807) is 12.1 Å². The van der Waals surface area contributed by atoms with E-state index >= 15 is 0 Å². The van der Waals surface area contributed by atoms with Crippen LogP contribution in [0, 0.1) is 0 Å². The van der Waals surface area contributed by atoms with Gasteiger partial charge in [-0.15, -0.1) is 0 Å². The average molecular weight is 467 g/mol. The van der Waals surface area contributed by atoms with Gasteiger partial charge in [-0.3, -0.25) is 9.59 Å². The second kappa shape index (κ2) is 8.96. The molecular formula is C22H19BrN4O3. The lowest BCUT2D eigenvalue weighted by Crippen LogP contribution is -2.47. The van der Waals surface area contributed by atoms with E-state index in [1.165, 1.54) is 6.20 Å². The fourth-order valence-corrected chi connectivity index (χ4v) is 3.42. The van der Waals surface area contributed by atoms with E-state index in [0.29, 0.717) is 36.0 Å². The maximum atomic E-state index is 12.5. The zero-order valence-corrected chi connectivity index (χ0v) is 17.6. The molecule has 0 aliphatic carbocycles. The molecule has 0 saturated carbocycles. The van der Waals surface area contributed by atoms with Crippen LogP contribution >= 0.6 is 15.9 Å². The molecule has 152 valence electrons. The number of anilines is 2. The first-order chi connectivity index (χ1) is 14.6. The van der Waals surface area contributed by atoms with Gasteiger partial charge in [0.25, 0.3) is 5.91 Å². The smallest absolute Gasteiger partial charge is 0.257 e. The van der Waals surface area contributed by atoms with Crippen LogP contribution in [0.5, 0.6) is 11.6 Å². The lowest BCUT2D eigenvalue weighted by atomic mass is 10.2. The summed E-state index contributed by atoms with van der Waals surface area (Å²) in [5.74, 6) is 0.806. The molecule has 1 saturated heterocycles. The molecule has 1 fully saturated rings. The summed E-state index contributed by atoms with van der Waals surface area (Å²) < 4.78 is 6.59. The average Bonchev–Trinajstić information content (AvgIpc) is 2.75. The van der Waals surface area contributed by atoms with Gasteiger partial charge in [-0.2, -0.15) is 0 Å². The fourth-order valence-electron chi connectivity index (χ4n) is 3.04. The molecule has 2 N–H and O–H groups in total. The van der Waals surface area contributed by atoms with Crippen LogP contribution in [-0.2, 0) is 4.79 Å². The monoisotopic (exact) mass is 466 g/mol. The van der Waals surface area contributed by atoms with Crippen molar-refractivity contribution in [1.82, 2.24) is 10.3 Å². The Morgan fingerprint density at radius 3 is 2.67 bits per heavy atom. The number of hydrogen-bond donors (Lipinski definition) is 2. The van der Waals surface area contributed by atoms with Crippen LogP contribution < -0.4 is 20.3 Å². The minimum atomic E-state index is -0.262. The largest absolute Gasteiger partial charge is 0.439 e. The van der Waals surface area contributed by atoms with Gasteiger partial charge in [0, 0.05) is 41.2 Å². The van der Waals surface area contributed by atoms with Gasteiger partial charge in [0.05, 0.1) is 12.1 Å². The molecular weight excluding hydrogens is 448 g/mol. The Morgan fingerprint density at radius 2 is 1.97 bits per heavy atom. The van der Waals surface area contributed by atoms with Crippen molar-refractivity contribution in [3.05, 3.63) is 76.9 Å². The van der Waals surface area contributed by atoms with Gasteiger partial charge in [0.15, 0.2) is 0 Å². The number of amides is 2. The Bertz CT molecular complexity index is 1050. The van der Waals surface area contributed by atoms with Crippen molar-refractivity contribution in [2.75, 3.05) is 29.9 Å². The third-order valence-corrected chi connectivity index (χ3v) is 5.04. The molecule has 0 spiro atoms. The molecule has 1 aromatic heterocycles. The number of nitrogens with zero attached hydrogens (tertiary/aromatic N) is 2. The second-order valence-electron chi connectivity index (χ2n) is 6.72. The zero-order valence-electron chi connectivity index (χ0n) is 16.0. The Kier molecular flexibility index (Phi) is 5.94. The molecule has 1 aliphatic rings. The van der Waals surface area contributed by atoms with Gasteiger partial charge in [-0.05, 0) is 48.5 Å². The quantitative estimate of drug-likeness (QED) is 0.596. The van der Waals surface area contributed by atoms with Gasteiger partial charge in [0.1, 0.15) is 5.75 Å². The Hall–Kier alpha value is -3.39. The van der Waals surface area contributed by atoms with Crippen molar-refractivity contribution < 1.29 is 14.3 Å². The third-order valence-electron chi connectivity index (χ3n) is 4.55. The van der Waals surface area contributed by atoms with Crippen molar-refractivity contribution in [3.8, 4) is 11.6 Å². The van der Waals surface area contributed by atoms with E-state index in [4.69, 9.17) is 4.74 Å². The minimum Gasteiger partial charge on any atom is -0.439 e. The summed E-state index contributed by atoms with van der Waals surface area (Å²) in [6.07, 6.45) is 1.48. The molecule has 2 amide bonds. The first-order valence-corrected chi connectivity index (χ1v) is 10.2. The molecule has 7 nitrogen and oxygen atoms in total. The van der Waals surface area contributed by atoms with Crippen molar-refractivity contribution in [3.63, 3.8) is 0 Å². The third kappa shape index (κ3) is 4.96. The summed E-state index contributed by atoms with van der Waals surface area (Å²) in [6, 6.07) is 18.2. The van der Waals surface area contributed by atoms with E-state index in [1.807, 2.05) is 53.4 Å². The SMILES string of the molecule is O=C1CN(c2ccc(NC(=O)c3ccc(Oc4cccc(Br)c4)nc3)cc2)CCN1. The van der Waals surface area contributed by atoms with Gasteiger partial charge >= 0.3 is 0 Å². The number of hydrogen-bond acceptors (Lipinski definition) is 5. The highest BCUT2D eigenvalue weighted by atomic mass is 79.9. The van der Waals surface area contributed by atoms with Gasteiger partial charge in [-0.1, -0.05) is 22.0 Å². The number of carbonyl (C=O) groups excluding carboxylic acids is 2. The van der Waals surface area contributed by atoms with E-state index in [0.717, 1.165) is 16.7 Å². The molecule has 2 heterocycles. The number of ether oxygens (including phenoxy) is 1. The number of pyridine rings is 1. The summed E-state index contributed by atoms with van der Waals surface area (Å²) in [4.78, 5) is 30.2. The first-order valence-electron chi connectivity index (χ1n) is 9.39. The van der Waals surface area contributed by atoms with Crippen LogP contribution in [0.4, 0.5) is 11.4 Å². The fraction of sp³-hybridized carbons (Fsp3) is 0.136. The van der Waals surface area contributed by atoms with Gasteiger partial charge in [-0.25, -0.2) is 4.98 Å². The normalized spacial score (nSPS) is 13.5. The topological polar surface area (TPSA) is 83.6 Å². The molecule has 4 rings (SSSR count). The predicted octanol–water partition coefficient (Wildman–Crippen LogP) is 3.82. The summed E-state index contributed by atoms with van der Waals surface area (Å²) in [5, 5.41) is 5.65. The first kappa shape index (κ1) is 19.9. The summed E-state index contributed by atoms with van der Waals surface area (Å²) in [5.41, 5.74) is 2.03. The molecule has 0 bridgehead atoms. The highest BCUT2D eigenvalue weighted by molar-refractivity contribution is 9.10. The molecule has 3 aromatic rings. The lowest BCUT2D eigenvalue weighted by Gasteiger charge is -2.28. The minimum absolute atomic E-state index is 0.0125. The van der Waals surface area contributed by atoms with Gasteiger partial charge < -0.3 is 20.3 Å². The number of nitrogens with one attached hydrogen (secondary N) is 2. The van der Waals surface area contributed by atoms with E-state index < -0.39 is 0 Å². The van der Waals surface area contributed by atoms with Crippen molar-refractivity contribution in [2.24, 2.45) is 0 Å². The van der Waals surface area contributed by atoms with Crippen molar-refractivity contribution in [2.45, 2.75) is 0 Å². The van der Waals surface area contributed by atoms with E-state index in [2.05, 4.69) is 31.5 Å². The molecule has 0 unspecified atom stereocenters. The maximum absolute atomic E-state index is 12.5. The van der Waals surface area contributed by atoms with Crippen molar-refractivity contribution >= 4 is 39.1 Å². The highest BCUT2D eigenvalue weighted by Gasteiger charge is 2.16. The van der Waals surface area contributed by atoms with Crippen LogP contribution in [0.25, 0.3) is 0 Å². The van der Waals surface area contributed by atoms with Gasteiger partial charge in [0.2, 0.25) is 11.8 Å². The van der Waals surface area contributed by atoms with E-state index in [-0.39, 0.29) is 11.8 Å². The number of rotatable bonds is 5. The standard InChI is InChI=1S/C22H19BrN4O3/c23-16-2-1-3-19(12-16)30-21-9-4-15(13-25-21)22(29)26-17-5-7-18(8-6-17)27-11-10-24-20(28)14-27/h1-9,12-13H,10-11,14H2,(H,24,28)(H,26,29). The Morgan fingerprint density at radius 1 is 1.13 bits per heavy atom. The molecule has 30 heavy (non-hydrogen) atoms. The second-order valence-corrected chi connectivity index (χ2v) is 7.63. The number of benzene rings is 2. The summed E-state index contributed by atoms with van der Waals surface area (Å²) >= 11 is 3.39. The number of halogens is 1. The lowest BCUT2D eigenvalue weighted by molar-refractivity contribution is -0.120. The molecule has 8 heteroatoms. The molecule has 2 aromatic carbocycles. The number of piperazine rings is 1. The number of aromatic nitrogens is 1. The zero-order chi connectivity index (χ0) is 20.9.